The topological polar surface area (TPSA) is 67.4 Å². The van der Waals surface area contributed by atoms with E-state index in [1.165, 1.54) is 18.2 Å². The fraction of sp³-hybridized carbons (Fsp3) is 0.0909. The average Bonchev–Trinajstić information content (AvgIpc) is 2.72. The summed E-state index contributed by atoms with van der Waals surface area (Å²) in [6, 6.07) is 16.9. The third-order valence-electron chi connectivity index (χ3n) is 4.07. The van der Waals surface area contributed by atoms with E-state index < -0.39 is 17.8 Å². The Morgan fingerprint density at radius 1 is 0.933 bits per heavy atom. The van der Waals surface area contributed by atoms with Gasteiger partial charge in [-0.05, 0) is 67.6 Å². The van der Waals surface area contributed by atoms with E-state index in [1.54, 1.807) is 49.4 Å². The maximum Gasteiger partial charge on any atom is 0.265 e. The van der Waals surface area contributed by atoms with Crippen LogP contribution in [0.25, 0.3) is 0 Å². The van der Waals surface area contributed by atoms with Crippen molar-refractivity contribution in [3.05, 3.63) is 88.2 Å². The summed E-state index contributed by atoms with van der Waals surface area (Å²) in [6.45, 7) is 1.61. The molecular weight excluding hydrogens is 430 g/mol. The van der Waals surface area contributed by atoms with Crippen molar-refractivity contribution in [3.63, 3.8) is 0 Å². The highest BCUT2D eigenvalue weighted by molar-refractivity contribution is 6.31. The highest BCUT2D eigenvalue weighted by atomic mass is 35.5. The molecule has 3 rings (SSSR count). The van der Waals surface area contributed by atoms with Gasteiger partial charge in [-0.25, -0.2) is 4.39 Å². The van der Waals surface area contributed by atoms with Gasteiger partial charge < -0.3 is 15.4 Å². The molecule has 0 aliphatic carbocycles. The van der Waals surface area contributed by atoms with Gasteiger partial charge in [-0.3, -0.25) is 9.59 Å². The predicted octanol–water partition coefficient (Wildman–Crippen LogP) is 5.79. The minimum Gasteiger partial charge on any atom is -0.481 e. The smallest absolute Gasteiger partial charge is 0.265 e. The quantitative estimate of drug-likeness (QED) is 0.503. The number of benzene rings is 3. The molecular formula is C22H17Cl2FN2O3. The van der Waals surface area contributed by atoms with Gasteiger partial charge in [-0.15, -0.1) is 0 Å². The second-order valence-electron chi connectivity index (χ2n) is 6.37. The SMILES string of the molecule is CC(Oc1ccc(Cl)cc1)C(=O)Nc1cccc(C(=O)Nc2ccc(F)c(Cl)c2)c1. The monoisotopic (exact) mass is 446 g/mol. The third kappa shape index (κ3) is 5.72. The molecule has 0 bridgehead atoms. The molecule has 0 aliphatic rings. The highest BCUT2D eigenvalue weighted by Gasteiger charge is 2.16. The molecule has 0 spiro atoms. The van der Waals surface area contributed by atoms with E-state index in [-0.39, 0.29) is 10.9 Å². The van der Waals surface area contributed by atoms with Crippen LogP contribution in [0.15, 0.2) is 66.7 Å². The van der Waals surface area contributed by atoms with E-state index >= 15 is 0 Å². The van der Waals surface area contributed by atoms with Gasteiger partial charge in [0.15, 0.2) is 6.10 Å². The summed E-state index contributed by atoms with van der Waals surface area (Å²) in [6.07, 6.45) is -0.773. The standard InChI is InChI=1S/C22H17Cl2FN2O3/c1-13(30-18-8-5-15(23)6-9-18)21(28)26-16-4-2-3-14(11-16)22(29)27-17-7-10-20(25)19(24)12-17/h2-13H,1H3,(H,26,28)(H,27,29). The molecule has 0 heterocycles. The van der Waals surface area contributed by atoms with Crippen LogP contribution in [0.2, 0.25) is 10.0 Å². The molecule has 0 aromatic heterocycles. The number of nitrogens with one attached hydrogen (secondary N) is 2. The number of anilines is 2. The molecule has 0 aliphatic heterocycles. The van der Waals surface area contributed by atoms with Crippen LogP contribution in [0.5, 0.6) is 5.75 Å². The Bertz CT molecular complexity index is 1070. The lowest BCUT2D eigenvalue weighted by Crippen LogP contribution is -2.30. The molecule has 1 unspecified atom stereocenters. The Morgan fingerprint density at radius 3 is 2.33 bits per heavy atom. The van der Waals surface area contributed by atoms with Gasteiger partial charge in [-0.2, -0.15) is 0 Å². The predicted molar refractivity (Wildman–Crippen MR) is 116 cm³/mol. The van der Waals surface area contributed by atoms with Gasteiger partial charge in [0, 0.05) is 22.0 Å². The van der Waals surface area contributed by atoms with Crippen LogP contribution in [-0.2, 0) is 4.79 Å². The number of carbonyl (C=O) groups is 2. The molecule has 3 aromatic rings. The maximum absolute atomic E-state index is 13.3. The molecule has 5 nitrogen and oxygen atoms in total. The molecule has 3 aromatic carbocycles. The fourth-order valence-electron chi connectivity index (χ4n) is 2.53. The number of carbonyl (C=O) groups excluding carboxylic acids is 2. The van der Waals surface area contributed by atoms with Crippen molar-refractivity contribution in [1.82, 2.24) is 0 Å². The number of halogens is 3. The van der Waals surface area contributed by atoms with Gasteiger partial charge in [0.2, 0.25) is 0 Å². The largest absolute Gasteiger partial charge is 0.481 e. The summed E-state index contributed by atoms with van der Waals surface area (Å²) in [5.41, 5.74) is 1.08. The lowest BCUT2D eigenvalue weighted by molar-refractivity contribution is -0.122. The molecule has 0 radical (unpaired) electrons. The van der Waals surface area contributed by atoms with E-state index in [9.17, 15) is 14.0 Å². The van der Waals surface area contributed by atoms with Crippen molar-refractivity contribution in [2.24, 2.45) is 0 Å². The zero-order valence-corrected chi connectivity index (χ0v) is 17.3. The third-order valence-corrected chi connectivity index (χ3v) is 4.61. The normalized spacial score (nSPS) is 11.5. The molecule has 30 heavy (non-hydrogen) atoms. The Kier molecular flexibility index (Phi) is 6.92. The van der Waals surface area contributed by atoms with Crippen molar-refractivity contribution in [2.45, 2.75) is 13.0 Å². The van der Waals surface area contributed by atoms with Gasteiger partial charge in [0.25, 0.3) is 11.8 Å². The number of amides is 2. The first-order valence-electron chi connectivity index (χ1n) is 8.91. The van der Waals surface area contributed by atoms with Crippen LogP contribution >= 0.6 is 23.2 Å². The van der Waals surface area contributed by atoms with E-state index in [0.717, 1.165) is 6.07 Å². The summed E-state index contributed by atoms with van der Waals surface area (Å²) < 4.78 is 18.8. The maximum atomic E-state index is 13.3. The van der Waals surface area contributed by atoms with Gasteiger partial charge in [-0.1, -0.05) is 29.3 Å². The van der Waals surface area contributed by atoms with Crippen LogP contribution in [0, 0.1) is 5.82 Å². The number of ether oxygens (including phenoxy) is 1. The second kappa shape index (κ2) is 9.61. The summed E-state index contributed by atoms with van der Waals surface area (Å²) in [5, 5.41) is 5.81. The van der Waals surface area contributed by atoms with Crippen LogP contribution in [0.1, 0.15) is 17.3 Å². The Morgan fingerprint density at radius 2 is 1.63 bits per heavy atom. The van der Waals surface area contributed by atoms with E-state index in [0.29, 0.717) is 27.7 Å². The van der Waals surface area contributed by atoms with Crippen molar-refractivity contribution in [2.75, 3.05) is 10.6 Å². The van der Waals surface area contributed by atoms with E-state index in [4.69, 9.17) is 27.9 Å². The second-order valence-corrected chi connectivity index (χ2v) is 7.21. The van der Waals surface area contributed by atoms with Crippen molar-refractivity contribution in [3.8, 4) is 5.75 Å². The van der Waals surface area contributed by atoms with Crippen LogP contribution < -0.4 is 15.4 Å². The molecule has 1 atom stereocenters. The Labute approximate surface area is 182 Å². The lowest BCUT2D eigenvalue weighted by atomic mass is 10.1. The number of hydrogen-bond donors (Lipinski definition) is 2. The van der Waals surface area contributed by atoms with Crippen molar-refractivity contribution < 1.29 is 18.7 Å². The van der Waals surface area contributed by atoms with Gasteiger partial charge >= 0.3 is 0 Å². The summed E-state index contributed by atoms with van der Waals surface area (Å²) in [5.74, 6) is -0.880. The molecule has 2 amide bonds. The molecule has 154 valence electrons. The highest BCUT2D eigenvalue weighted by Crippen LogP contribution is 2.21. The Hall–Kier alpha value is -3.09. The van der Waals surface area contributed by atoms with Crippen molar-refractivity contribution in [1.29, 1.82) is 0 Å². The number of hydrogen-bond acceptors (Lipinski definition) is 3. The van der Waals surface area contributed by atoms with Crippen LogP contribution in [0.3, 0.4) is 0 Å². The lowest BCUT2D eigenvalue weighted by Gasteiger charge is -2.15. The van der Waals surface area contributed by atoms with E-state index in [2.05, 4.69) is 10.6 Å². The minimum atomic E-state index is -0.773. The minimum absolute atomic E-state index is 0.0940. The zero-order valence-electron chi connectivity index (χ0n) is 15.8. The number of rotatable bonds is 6. The first kappa shape index (κ1) is 21.6. The summed E-state index contributed by atoms with van der Waals surface area (Å²) >= 11 is 11.6. The first-order chi connectivity index (χ1) is 14.3. The average molecular weight is 447 g/mol. The first-order valence-corrected chi connectivity index (χ1v) is 9.67. The van der Waals surface area contributed by atoms with Crippen molar-refractivity contribution >= 4 is 46.4 Å². The van der Waals surface area contributed by atoms with Gasteiger partial charge in [0.1, 0.15) is 11.6 Å². The molecule has 0 saturated heterocycles. The Balaban J connectivity index is 1.63. The van der Waals surface area contributed by atoms with Crippen LogP contribution in [0.4, 0.5) is 15.8 Å². The zero-order chi connectivity index (χ0) is 21.7. The molecule has 8 heteroatoms. The summed E-state index contributed by atoms with van der Waals surface area (Å²) in [7, 11) is 0. The summed E-state index contributed by atoms with van der Waals surface area (Å²) in [4.78, 5) is 24.9. The molecule has 0 fully saturated rings. The van der Waals surface area contributed by atoms with Gasteiger partial charge in [0.05, 0.1) is 5.02 Å². The van der Waals surface area contributed by atoms with E-state index in [1.807, 2.05) is 0 Å². The molecule has 0 saturated carbocycles. The molecule has 2 N–H and O–H groups in total. The fourth-order valence-corrected chi connectivity index (χ4v) is 2.84. The van der Waals surface area contributed by atoms with Crippen LogP contribution in [-0.4, -0.2) is 17.9 Å².